The number of hydrogen-bond donors (Lipinski definition) is 2. The molecule has 0 aliphatic heterocycles. The predicted octanol–water partition coefficient (Wildman–Crippen LogP) is 3.93. The fraction of sp³-hybridized carbons (Fsp3) is 0.0952. The van der Waals surface area contributed by atoms with Crippen LogP contribution < -0.4 is 15.5 Å². The quantitative estimate of drug-likeness (QED) is 0.685. The van der Waals surface area contributed by atoms with Crippen molar-refractivity contribution in [2.24, 2.45) is 0 Å². The van der Waals surface area contributed by atoms with E-state index in [-0.39, 0.29) is 17.1 Å². The molecule has 3 rings (SSSR count). The predicted molar refractivity (Wildman–Crippen MR) is 107 cm³/mol. The largest absolute Gasteiger partial charge is 0.378 e. The van der Waals surface area contributed by atoms with Crippen LogP contribution in [0.5, 0.6) is 0 Å². The Morgan fingerprint density at radius 3 is 2.07 bits per heavy atom. The van der Waals surface area contributed by atoms with E-state index in [9.17, 15) is 18.4 Å². The molecule has 0 aliphatic rings. The van der Waals surface area contributed by atoms with Crippen molar-refractivity contribution in [1.82, 2.24) is 4.98 Å². The molecule has 0 saturated carbocycles. The van der Waals surface area contributed by atoms with Crippen LogP contribution in [0.25, 0.3) is 0 Å². The van der Waals surface area contributed by atoms with Crippen molar-refractivity contribution >= 4 is 28.9 Å². The average Bonchev–Trinajstić information content (AvgIpc) is 2.70. The van der Waals surface area contributed by atoms with Gasteiger partial charge in [-0.15, -0.1) is 0 Å². The van der Waals surface area contributed by atoms with Gasteiger partial charge in [0.1, 0.15) is 23.0 Å². The number of pyridine rings is 1. The van der Waals surface area contributed by atoms with Gasteiger partial charge >= 0.3 is 0 Å². The highest BCUT2D eigenvalue weighted by Crippen LogP contribution is 2.17. The number of carbonyl (C=O) groups is 2. The van der Waals surface area contributed by atoms with E-state index in [4.69, 9.17) is 0 Å². The molecule has 1 aromatic heterocycles. The second-order valence-corrected chi connectivity index (χ2v) is 6.38. The van der Waals surface area contributed by atoms with E-state index >= 15 is 0 Å². The molecule has 0 spiro atoms. The van der Waals surface area contributed by atoms with Gasteiger partial charge in [0.05, 0.1) is 5.69 Å². The Morgan fingerprint density at radius 1 is 0.862 bits per heavy atom. The lowest BCUT2D eigenvalue weighted by molar-refractivity contribution is 0.101. The summed E-state index contributed by atoms with van der Waals surface area (Å²) in [6.45, 7) is 0. The van der Waals surface area contributed by atoms with Crippen molar-refractivity contribution in [2.75, 3.05) is 29.6 Å². The number of anilines is 3. The lowest BCUT2D eigenvalue weighted by Crippen LogP contribution is -2.19. The van der Waals surface area contributed by atoms with Crippen LogP contribution in [0.3, 0.4) is 0 Å². The number of hydrogen-bond acceptors (Lipinski definition) is 4. The minimum atomic E-state index is -0.909. The highest BCUT2D eigenvalue weighted by Gasteiger charge is 2.14. The number of benzene rings is 2. The summed E-state index contributed by atoms with van der Waals surface area (Å²) in [6.07, 6.45) is 0. The van der Waals surface area contributed by atoms with Crippen molar-refractivity contribution < 1.29 is 18.4 Å². The zero-order valence-corrected chi connectivity index (χ0v) is 15.7. The molecule has 0 unspecified atom stereocenters. The molecule has 29 heavy (non-hydrogen) atoms. The van der Waals surface area contributed by atoms with Gasteiger partial charge < -0.3 is 15.5 Å². The third kappa shape index (κ3) is 4.92. The van der Waals surface area contributed by atoms with Crippen molar-refractivity contribution in [3.63, 3.8) is 0 Å². The molecule has 8 heteroatoms. The number of nitrogens with one attached hydrogen (secondary N) is 2. The molecule has 2 N–H and O–H groups in total. The van der Waals surface area contributed by atoms with Gasteiger partial charge in [-0.1, -0.05) is 6.07 Å². The minimum Gasteiger partial charge on any atom is -0.378 e. The van der Waals surface area contributed by atoms with E-state index in [1.54, 1.807) is 12.1 Å². The second kappa shape index (κ2) is 8.47. The monoisotopic (exact) mass is 396 g/mol. The van der Waals surface area contributed by atoms with Crippen LogP contribution >= 0.6 is 0 Å². The van der Waals surface area contributed by atoms with E-state index < -0.39 is 23.4 Å². The number of halogens is 2. The summed E-state index contributed by atoms with van der Waals surface area (Å²) in [6, 6.07) is 14.3. The molecule has 0 fully saturated rings. The Kier molecular flexibility index (Phi) is 5.82. The molecular formula is C21H18F2N4O2. The fourth-order valence-corrected chi connectivity index (χ4v) is 2.50. The number of nitrogens with zero attached hydrogens (tertiary/aromatic N) is 2. The first-order valence-corrected chi connectivity index (χ1v) is 8.65. The smallest absolute Gasteiger partial charge is 0.274 e. The van der Waals surface area contributed by atoms with Crippen LogP contribution in [-0.4, -0.2) is 30.9 Å². The zero-order chi connectivity index (χ0) is 21.0. The molecule has 148 valence electrons. The van der Waals surface area contributed by atoms with Crippen molar-refractivity contribution in [3.8, 4) is 0 Å². The Bertz CT molecular complexity index is 1050. The van der Waals surface area contributed by atoms with Gasteiger partial charge in [0.25, 0.3) is 11.8 Å². The van der Waals surface area contributed by atoms with E-state index in [2.05, 4.69) is 15.6 Å². The summed E-state index contributed by atoms with van der Waals surface area (Å²) >= 11 is 0. The molecule has 0 saturated heterocycles. The van der Waals surface area contributed by atoms with Gasteiger partial charge in [0.15, 0.2) is 0 Å². The van der Waals surface area contributed by atoms with Crippen molar-refractivity contribution in [3.05, 3.63) is 83.7 Å². The molecule has 0 radical (unpaired) electrons. The maximum absolute atomic E-state index is 13.7. The van der Waals surface area contributed by atoms with Crippen LogP contribution in [0.1, 0.15) is 21.0 Å². The third-order valence-electron chi connectivity index (χ3n) is 4.04. The summed E-state index contributed by atoms with van der Waals surface area (Å²) in [5.41, 5.74) is 1.31. The number of aromatic nitrogens is 1. The first-order chi connectivity index (χ1) is 13.8. The lowest BCUT2D eigenvalue weighted by Gasteiger charge is -2.13. The Morgan fingerprint density at radius 2 is 1.48 bits per heavy atom. The fourth-order valence-electron chi connectivity index (χ4n) is 2.50. The summed E-state index contributed by atoms with van der Waals surface area (Å²) in [4.78, 5) is 30.7. The summed E-state index contributed by atoms with van der Waals surface area (Å²) in [5.74, 6) is -2.88. The van der Waals surface area contributed by atoms with Gasteiger partial charge in [-0.05, 0) is 48.5 Å². The van der Waals surface area contributed by atoms with E-state index in [0.717, 1.165) is 17.8 Å². The molecule has 2 aromatic carbocycles. The van der Waals surface area contributed by atoms with E-state index in [1.165, 1.54) is 18.2 Å². The lowest BCUT2D eigenvalue weighted by atomic mass is 10.2. The highest BCUT2D eigenvalue weighted by molar-refractivity contribution is 6.06. The van der Waals surface area contributed by atoms with Crippen LogP contribution in [0.15, 0.2) is 60.7 Å². The number of amides is 2. The van der Waals surface area contributed by atoms with Crippen LogP contribution in [0.4, 0.5) is 25.8 Å². The Balaban J connectivity index is 1.72. The molecular weight excluding hydrogens is 378 g/mol. The Labute approximate surface area is 166 Å². The van der Waals surface area contributed by atoms with Gasteiger partial charge in [-0.2, -0.15) is 0 Å². The van der Waals surface area contributed by atoms with Gasteiger partial charge in [-0.3, -0.25) is 9.59 Å². The second-order valence-electron chi connectivity index (χ2n) is 6.38. The van der Waals surface area contributed by atoms with E-state index in [1.807, 2.05) is 31.1 Å². The van der Waals surface area contributed by atoms with Gasteiger partial charge in [0, 0.05) is 31.5 Å². The van der Waals surface area contributed by atoms with Gasteiger partial charge in [0.2, 0.25) is 0 Å². The molecule has 3 aromatic rings. The molecule has 2 amide bonds. The molecule has 0 atom stereocenters. The minimum absolute atomic E-state index is 0.0221. The SMILES string of the molecule is CN(C)c1ccc(NC(=O)c2cccc(C(=O)Nc3ccc(F)cc3F)n2)cc1. The van der Waals surface area contributed by atoms with Crippen LogP contribution in [-0.2, 0) is 0 Å². The third-order valence-corrected chi connectivity index (χ3v) is 4.04. The topological polar surface area (TPSA) is 74.3 Å². The van der Waals surface area contributed by atoms with Crippen molar-refractivity contribution in [1.29, 1.82) is 0 Å². The molecule has 1 heterocycles. The first-order valence-electron chi connectivity index (χ1n) is 8.65. The van der Waals surface area contributed by atoms with E-state index in [0.29, 0.717) is 11.8 Å². The van der Waals surface area contributed by atoms with Crippen molar-refractivity contribution in [2.45, 2.75) is 0 Å². The normalized spacial score (nSPS) is 10.3. The highest BCUT2D eigenvalue weighted by atomic mass is 19.1. The number of carbonyl (C=O) groups excluding carboxylic acids is 2. The van der Waals surface area contributed by atoms with Crippen LogP contribution in [0, 0.1) is 11.6 Å². The standard InChI is InChI=1S/C21H18F2N4O2/c1-27(2)15-9-7-14(8-10-15)24-20(28)18-4-3-5-19(25-18)21(29)26-17-11-6-13(22)12-16(17)23/h3-12H,1-2H3,(H,24,28)(H,26,29). The Hall–Kier alpha value is -3.81. The zero-order valence-electron chi connectivity index (χ0n) is 15.7. The summed E-state index contributed by atoms with van der Waals surface area (Å²) in [7, 11) is 3.82. The summed E-state index contributed by atoms with van der Waals surface area (Å²) < 4.78 is 26.7. The maximum Gasteiger partial charge on any atom is 0.274 e. The van der Waals surface area contributed by atoms with Gasteiger partial charge in [-0.25, -0.2) is 13.8 Å². The molecule has 6 nitrogen and oxygen atoms in total. The molecule has 0 bridgehead atoms. The summed E-state index contributed by atoms with van der Waals surface area (Å²) in [5, 5.41) is 5.01. The average molecular weight is 396 g/mol. The molecule has 0 aliphatic carbocycles. The van der Waals surface area contributed by atoms with Crippen LogP contribution in [0.2, 0.25) is 0 Å². The maximum atomic E-state index is 13.7. The number of rotatable bonds is 5. The first kappa shape index (κ1) is 19.9.